The van der Waals surface area contributed by atoms with Gasteiger partial charge in [-0.1, -0.05) is 15.9 Å². The molecule has 0 radical (unpaired) electrons. The summed E-state index contributed by atoms with van der Waals surface area (Å²) in [6.45, 7) is -0.261. The molecule has 1 aromatic carbocycles. The molecule has 0 amide bonds. The first-order chi connectivity index (χ1) is 9.47. The smallest absolute Gasteiger partial charge is 0.343 e. The average molecular weight is 346 g/mol. The Hall–Kier alpha value is -2.09. The van der Waals surface area contributed by atoms with Crippen LogP contribution in [0.2, 0.25) is 0 Å². The summed E-state index contributed by atoms with van der Waals surface area (Å²) in [7, 11) is 2.68. The normalized spacial score (nSPS) is 10.3. The van der Waals surface area contributed by atoms with Gasteiger partial charge in [0.15, 0.2) is 18.1 Å². The van der Waals surface area contributed by atoms with E-state index in [2.05, 4.69) is 20.7 Å². The van der Waals surface area contributed by atoms with Crippen LogP contribution in [0.1, 0.15) is 5.56 Å². The van der Waals surface area contributed by atoms with Gasteiger partial charge in [0.05, 0.1) is 19.1 Å². The zero-order chi connectivity index (χ0) is 15.1. The van der Waals surface area contributed by atoms with Gasteiger partial charge in [0.1, 0.15) is 0 Å². The van der Waals surface area contributed by atoms with Crippen LogP contribution in [-0.4, -0.2) is 31.7 Å². The number of carbonyl (C=O) groups is 1. The van der Waals surface area contributed by atoms with Crippen molar-refractivity contribution in [3.05, 3.63) is 38.5 Å². The summed E-state index contributed by atoms with van der Waals surface area (Å²) in [5.74, 6) is 0.142. The Bertz CT molecular complexity index is 543. The van der Waals surface area contributed by atoms with Gasteiger partial charge in [-0.15, -0.1) is 0 Å². The standard InChI is InChI=1S/C12H12BrNO6/c1-18-10-5-8(3-4-14(16)17)9(13)6-11(10)20-7-12(15)19-2/h3-6H,7H2,1-2H3/b4-3+. The number of hydrogen-bond acceptors (Lipinski definition) is 6. The molecule has 20 heavy (non-hydrogen) atoms. The van der Waals surface area contributed by atoms with E-state index < -0.39 is 10.9 Å². The summed E-state index contributed by atoms with van der Waals surface area (Å²) in [4.78, 5) is 20.8. The van der Waals surface area contributed by atoms with Gasteiger partial charge >= 0.3 is 5.97 Å². The molecule has 0 aliphatic rings. The zero-order valence-electron chi connectivity index (χ0n) is 10.8. The van der Waals surface area contributed by atoms with Gasteiger partial charge in [0, 0.05) is 10.5 Å². The van der Waals surface area contributed by atoms with E-state index in [0.717, 1.165) is 6.20 Å². The van der Waals surface area contributed by atoms with Gasteiger partial charge in [-0.05, 0) is 17.7 Å². The Morgan fingerprint density at radius 2 is 2.10 bits per heavy atom. The molecule has 0 aliphatic heterocycles. The highest BCUT2D eigenvalue weighted by atomic mass is 79.9. The van der Waals surface area contributed by atoms with E-state index >= 15 is 0 Å². The van der Waals surface area contributed by atoms with Crippen LogP contribution in [0.15, 0.2) is 22.8 Å². The molecule has 0 N–H and O–H groups in total. The monoisotopic (exact) mass is 345 g/mol. The zero-order valence-corrected chi connectivity index (χ0v) is 12.4. The van der Waals surface area contributed by atoms with Crippen LogP contribution in [0, 0.1) is 10.1 Å². The van der Waals surface area contributed by atoms with Crippen molar-refractivity contribution < 1.29 is 23.9 Å². The Balaban J connectivity index is 3.00. The maximum Gasteiger partial charge on any atom is 0.343 e. The number of nitrogens with zero attached hydrogens (tertiary/aromatic N) is 1. The first-order valence-corrected chi connectivity index (χ1v) is 6.16. The molecule has 0 saturated heterocycles. The molecule has 108 valence electrons. The lowest BCUT2D eigenvalue weighted by Crippen LogP contribution is -2.13. The molecule has 0 bridgehead atoms. The molecule has 0 atom stereocenters. The molecule has 1 rings (SSSR count). The van der Waals surface area contributed by atoms with E-state index in [1.165, 1.54) is 20.3 Å². The first-order valence-electron chi connectivity index (χ1n) is 5.36. The summed E-state index contributed by atoms with van der Waals surface area (Å²) >= 11 is 3.26. The molecule has 0 unspecified atom stereocenters. The highest BCUT2D eigenvalue weighted by Crippen LogP contribution is 2.34. The molecule has 8 heteroatoms. The van der Waals surface area contributed by atoms with Gasteiger partial charge < -0.3 is 14.2 Å². The first kappa shape index (κ1) is 16.0. The second-order valence-corrected chi connectivity index (χ2v) is 4.34. The Labute approximate surface area is 123 Å². The van der Waals surface area contributed by atoms with Crippen molar-refractivity contribution in [1.82, 2.24) is 0 Å². The van der Waals surface area contributed by atoms with Gasteiger partial charge in [-0.25, -0.2) is 4.79 Å². The van der Waals surface area contributed by atoms with Crippen molar-refractivity contribution in [2.24, 2.45) is 0 Å². The van der Waals surface area contributed by atoms with Crippen molar-refractivity contribution in [3.8, 4) is 11.5 Å². The van der Waals surface area contributed by atoms with Crippen LogP contribution in [0.3, 0.4) is 0 Å². The number of halogens is 1. The minimum atomic E-state index is -0.569. The van der Waals surface area contributed by atoms with Gasteiger partial charge in [-0.2, -0.15) is 0 Å². The topological polar surface area (TPSA) is 87.9 Å². The van der Waals surface area contributed by atoms with Crippen molar-refractivity contribution in [2.45, 2.75) is 0 Å². The predicted octanol–water partition coefficient (Wildman–Crippen LogP) is 2.26. The number of carbonyl (C=O) groups excluding carboxylic acids is 1. The molecule has 7 nitrogen and oxygen atoms in total. The van der Waals surface area contributed by atoms with Gasteiger partial charge in [0.25, 0.3) is 0 Å². The third-order valence-electron chi connectivity index (χ3n) is 2.23. The van der Waals surface area contributed by atoms with Crippen LogP contribution in [0.5, 0.6) is 11.5 Å². The number of methoxy groups -OCH3 is 2. The summed E-state index contributed by atoms with van der Waals surface area (Å²) in [6.07, 6.45) is 2.13. The van der Waals surface area contributed by atoms with E-state index in [1.54, 1.807) is 12.1 Å². The van der Waals surface area contributed by atoms with E-state index in [-0.39, 0.29) is 6.61 Å². The largest absolute Gasteiger partial charge is 0.493 e. The Morgan fingerprint density at radius 1 is 1.40 bits per heavy atom. The van der Waals surface area contributed by atoms with Crippen LogP contribution in [-0.2, 0) is 9.53 Å². The van der Waals surface area contributed by atoms with Crippen LogP contribution >= 0.6 is 15.9 Å². The molecule has 0 spiro atoms. The highest BCUT2D eigenvalue weighted by Gasteiger charge is 2.11. The lowest BCUT2D eigenvalue weighted by molar-refractivity contribution is -0.400. The molecule has 0 heterocycles. The van der Waals surface area contributed by atoms with Crippen LogP contribution in [0.25, 0.3) is 6.08 Å². The number of ether oxygens (including phenoxy) is 3. The lowest BCUT2D eigenvalue weighted by atomic mass is 10.2. The van der Waals surface area contributed by atoms with Crippen molar-refractivity contribution in [2.75, 3.05) is 20.8 Å². The third kappa shape index (κ3) is 4.54. The molecule has 0 saturated carbocycles. The van der Waals surface area contributed by atoms with E-state index in [1.807, 2.05) is 0 Å². The maximum absolute atomic E-state index is 11.0. The van der Waals surface area contributed by atoms with Gasteiger partial charge in [0.2, 0.25) is 6.20 Å². The van der Waals surface area contributed by atoms with Crippen LogP contribution < -0.4 is 9.47 Å². The average Bonchev–Trinajstić information content (AvgIpc) is 2.43. The molecule has 0 aliphatic carbocycles. The SMILES string of the molecule is COC(=O)COc1cc(Br)c(/C=C/[N+](=O)[O-])cc1OC. The number of benzene rings is 1. The van der Waals surface area contributed by atoms with E-state index in [0.29, 0.717) is 21.5 Å². The number of hydrogen-bond donors (Lipinski definition) is 0. The second kappa shape index (κ2) is 7.49. The number of nitro groups is 1. The van der Waals surface area contributed by atoms with Crippen molar-refractivity contribution in [1.29, 1.82) is 0 Å². The van der Waals surface area contributed by atoms with Crippen molar-refractivity contribution >= 4 is 28.0 Å². The van der Waals surface area contributed by atoms with Crippen molar-refractivity contribution in [3.63, 3.8) is 0 Å². The number of rotatable bonds is 6. The fraction of sp³-hybridized carbons (Fsp3) is 0.250. The van der Waals surface area contributed by atoms with E-state index in [4.69, 9.17) is 9.47 Å². The molecule has 1 aromatic rings. The predicted molar refractivity (Wildman–Crippen MR) is 74.2 cm³/mol. The lowest BCUT2D eigenvalue weighted by Gasteiger charge is -2.11. The molecular weight excluding hydrogens is 334 g/mol. The quantitative estimate of drug-likeness (QED) is 0.446. The number of esters is 1. The minimum Gasteiger partial charge on any atom is -0.493 e. The second-order valence-electron chi connectivity index (χ2n) is 3.49. The fourth-order valence-electron chi connectivity index (χ4n) is 1.29. The fourth-order valence-corrected chi connectivity index (χ4v) is 1.74. The van der Waals surface area contributed by atoms with Crippen LogP contribution in [0.4, 0.5) is 0 Å². The third-order valence-corrected chi connectivity index (χ3v) is 2.92. The molecule has 0 aromatic heterocycles. The molecule has 0 fully saturated rings. The minimum absolute atomic E-state index is 0.261. The summed E-state index contributed by atoms with van der Waals surface area (Å²) < 4.78 is 15.4. The van der Waals surface area contributed by atoms with Gasteiger partial charge in [-0.3, -0.25) is 10.1 Å². The van der Waals surface area contributed by atoms with E-state index in [9.17, 15) is 14.9 Å². The summed E-state index contributed by atoms with van der Waals surface area (Å²) in [5, 5.41) is 10.3. The summed E-state index contributed by atoms with van der Waals surface area (Å²) in [6, 6.07) is 3.11. The Morgan fingerprint density at radius 3 is 2.65 bits per heavy atom. The molecular formula is C12H12BrNO6. The highest BCUT2D eigenvalue weighted by molar-refractivity contribution is 9.10. The summed E-state index contributed by atoms with van der Waals surface area (Å²) in [5.41, 5.74) is 0.545. The maximum atomic E-state index is 11.0. The Kier molecular flexibility index (Phi) is 5.98.